The number of esters is 1. The molecule has 0 bridgehead atoms. The number of ether oxygens (including phenoxy) is 1. The second-order valence-electron chi connectivity index (χ2n) is 2.85. The molecule has 90 valence electrons. The Bertz CT molecular complexity index is 451. The summed E-state index contributed by atoms with van der Waals surface area (Å²) in [6.45, 7) is 0. The van der Waals surface area contributed by atoms with Crippen LogP contribution >= 0.6 is 23.1 Å². The van der Waals surface area contributed by atoms with Crippen LogP contribution in [0.1, 0.15) is 9.67 Å². The van der Waals surface area contributed by atoms with Gasteiger partial charge in [0.2, 0.25) is 5.91 Å². The van der Waals surface area contributed by atoms with Gasteiger partial charge in [-0.25, -0.2) is 4.79 Å². The SMILES string of the molecule is COC(=O)c1sccc1NC(=O)CSCC#N. The Hall–Kier alpha value is -1.52. The highest BCUT2D eigenvalue weighted by molar-refractivity contribution is 8.00. The van der Waals surface area contributed by atoms with Crippen molar-refractivity contribution < 1.29 is 14.3 Å². The van der Waals surface area contributed by atoms with Gasteiger partial charge >= 0.3 is 5.97 Å². The minimum absolute atomic E-state index is 0.185. The molecule has 0 spiro atoms. The summed E-state index contributed by atoms with van der Waals surface area (Å²) >= 11 is 2.42. The molecule has 1 aromatic heterocycles. The number of carbonyl (C=O) groups is 2. The molecule has 5 nitrogen and oxygen atoms in total. The van der Waals surface area contributed by atoms with Crippen LogP contribution in [0.4, 0.5) is 5.69 Å². The van der Waals surface area contributed by atoms with Gasteiger partial charge in [0.25, 0.3) is 0 Å². The maximum absolute atomic E-state index is 11.5. The first kappa shape index (κ1) is 13.5. The maximum atomic E-state index is 11.5. The predicted octanol–water partition coefficient (Wildman–Crippen LogP) is 1.73. The van der Waals surface area contributed by atoms with Crippen LogP contribution in [0.2, 0.25) is 0 Å². The summed E-state index contributed by atoms with van der Waals surface area (Å²) in [6, 6.07) is 3.57. The van der Waals surface area contributed by atoms with E-state index in [9.17, 15) is 9.59 Å². The first-order chi connectivity index (χ1) is 8.19. The Kier molecular flexibility index (Phi) is 5.52. The van der Waals surface area contributed by atoms with Crippen molar-refractivity contribution in [3.63, 3.8) is 0 Å². The summed E-state index contributed by atoms with van der Waals surface area (Å²) in [7, 11) is 1.29. The van der Waals surface area contributed by atoms with Crippen molar-refractivity contribution in [2.24, 2.45) is 0 Å². The summed E-state index contributed by atoms with van der Waals surface area (Å²) in [5.74, 6) is -0.265. The van der Waals surface area contributed by atoms with Crippen LogP contribution in [0.3, 0.4) is 0 Å². The van der Waals surface area contributed by atoms with Gasteiger partial charge < -0.3 is 10.1 Å². The Morgan fingerprint density at radius 1 is 1.65 bits per heavy atom. The standard InChI is InChI=1S/C10H10N2O3S2/c1-15-10(14)9-7(2-4-17-9)12-8(13)6-16-5-3-11/h2,4H,5-6H2,1H3,(H,12,13). The second-order valence-corrected chi connectivity index (χ2v) is 4.76. The van der Waals surface area contributed by atoms with Crippen molar-refractivity contribution in [1.29, 1.82) is 5.26 Å². The summed E-state index contributed by atoms with van der Waals surface area (Å²) in [4.78, 5) is 23.2. The van der Waals surface area contributed by atoms with Gasteiger partial charge in [-0.15, -0.1) is 23.1 Å². The highest BCUT2D eigenvalue weighted by Gasteiger charge is 2.15. The fraction of sp³-hybridized carbons (Fsp3) is 0.300. The lowest BCUT2D eigenvalue weighted by Crippen LogP contribution is -2.15. The number of methoxy groups -OCH3 is 1. The van der Waals surface area contributed by atoms with Crippen molar-refractivity contribution in [1.82, 2.24) is 0 Å². The number of nitrogens with zero attached hydrogens (tertiary/aromatic N) is 1. The van der Waals surface area contributed by atoms with Crippen molar-refractivity contribution in [3.05, 3.63) is 16.3 Å². The molecule has 0 radical (unpaired) electrons. The quantitative estimate of drug-likeness (QED) is 0.651. The third-order valence-electron chi connectivity index (χ3n) is 1.71. The number of hydrogen-bond acceptors (Lipinski definition) is 6. The van der Waals surface area contributed by atoms with E-state index in [2.05, 4.69) is 10.1 Å². The molecule has 1 amide bonds. The molecule has 1 aromatic rings. The summed E-state index contributed by atoms with van der Waals surface area (Å²) in [5, 5.41) is 12.6. The van der Waals surface area contributed by atoms with Crippen LogP contribution in [-0.2, 0) is 9.53 Å². The van der Waals surface area contributed by atoms with Crippen LogP contribution in [0.5, 0.6) is 0 Å². The molecule has 1 heterocycles. The molecular weight excluding hydrogens is 260 g/mol. The van der Waals surface area contributed by atoms with Gasteiger partial charge in [-0.05, 0) is 11.4 Å². The van der Waals surface area contributed by atoms with Crippen LogP contribution in [0.15, 0.2) is 11.4 Å². The largest absolute Gasteiger partial charge is 0.465 e. The number of nitriles is 1. The Balaban J connectivity index is 2.57. The smallest absolute Gasteiger partial charge is 0.350 e. The highest BCUT2D eigenvalue weighted by atomic mass is 32.2. The molecule has 7 heteroatoms. The van der Waals surface area contributed by atoms with E-state index in [4.69, 9.17) is 5.26 Å². The van der Waals surface area contributed by atoms with E-state index >= 15 is 0 Å². The van der Waals surface area contributed by atoms with Crippen molar-refractivity contribution in [2.75, 3.05) is 23.9 Å². The number of thiophene rings is 1. The Labute approximate surface area is 107 Å². The third kappa shape index (κ3) is 4.09. The number of amides is 1. The first-order valence-electron chi connectivity index (χ1n) is 4.59. The lowest BCUT2D eigenvalue weighted by molar-refractivity contribution is -0.113. The zero-order chi connectivity index (χ0) is 12.7. The Morgan fingerprint density at radius 2 is 2.41 bits per heavy atom. The maximum Gasteiger partial charge on any atom is 0.350 e. The topological polar surface area (TPSA) is 79.2 Å². The van der Waals surface area contributed by atoms with Gasteiger partial charge in [-0.1, -0.05) is 0 Å². The monoisotopic (exact) mass is 270 g/mol. The van der Waals surface area contributed by atoms with E-state index in [-0.39, 0.29) is 17.4 Å². The lowest BCUT2D eigenvalue weighted by Gasteiger charge is -2.04. The second kappa shape index (κ2) is 6.93. The molecule has 0 atom stereocenters. The average molecular weight is 270 g/mol. The predicted molar refractivity (Wildman–Crippen MR) is 67.2 cm³/mol. The molecule has 0 saturated carbocycles. The van der Waals surface area contributed by atoms with Gasteiger partial charge in [0.1, 0.15) is 4.88 Å². The molecule has 17 heavy (non-hydrogen) atoms. The van der Waals surface area contributed by atoms with Crippen LogP contribution in [0, 0.1) is 11.3 Å². The van der Waals surface area contributed by atoms with Crippen molar-refractivity contribution in [2.45, 2.75) is 0 Å². The molecule has 0 fully saturated rings. The summed E-state index contributed by atoms with van der Waals surface area (Å²) in [6.07, 6.45) is 0. The highest BCUT2D eigenvalue weighted by Crippen LogP contribution is 2.23. The molecular formula is C10H10N2O3S2. The molecule has 0 aliphatic carbocycles. The van der Waals surface area contributed by atoms with Gasteiger partial charge in [-0.2, -0.15) is 5.26 Å². The molecule has 1 N–H and O–H groups in total. The Morgan fingerprint density at radius 3 is 3.06 bits per heavy atom. The van der Waals surface area contributed by atoms with Gasteiger partial charge in [0.05, 0.1) is 30.4 Å². The fourth-order valence-electron chi connectivity index (χ4n) is 1.03. The number of nitrogens with one attached hydrogen (secondary N) is 1. The zero-order valence-corrected chi connectivity index (χ0v) is 10.7. The van der Waals surface area contributed by atoms with Crippen LogP contribution < -0.4 is 5.32 Å². The number of thioether (sulfide) groups is 1. The molecule has 0 aliphatic rings. The van der Waals surface area contributed by atoms with Crippen LogP contribution in [0.25, 0.3) is 0 Å². The van der Waals surface area contributed by atoms with E-state index in [1.807, 2.05) is 6.07 Å². The summed E-state index contributed by atoms with van der Waals surface area (Å²) < 4.78 is 4.59. The zero-order valence-electron chi connectivity index (χ0n) is 9.06. The molecule has 0 saturated heterocycles. The summed E-state index contributed by atoms with van der Waals surface area (Å²) in [5.41, 5.74) is 0.449. The number of anilines is 1. The molecule has 0 aliphatic heterocycles. The number of hydrogen-bond donors (Lipinski definition) is 1. The molecule has 1 rings (SSSR count). The van der Waals surface area contributed by atoms with Crippen molar-refractivity contribution in [3.8, 4) is 6.07 Å². The van der Waals surface area contributed by atoms with Crippen molar-refractivity contribution >= 4 is 40.7 Å². The molecule has 0 unspecified atom stereocenters. The minimum Gasteiger partial charge on any atom is -0.465 e. The van der Waals surface area contributed by atoms with E-state index in [0.29, 0.717) is 10.6 Å². The number of rotatable bonds is 5. The number of carbonyl (C=O) groups excluding carboxylic acids is 2. The van der Waals surface area contributed by atoms with E-state index in [1.54, 1.807) is 11.4 Å². The van der Waals surface area contributed by atoms with E-state index in [1.165, 1.54) is 30.2 Å². The average Bonchev–Trinajstić information content (AvgIpc) is 2.76. The van der Waals surface area contributed by atoms with Gasteiger partial charge in [0, 0.05) is 0 Å². The van der Waals surface area contributed by atoms with Gasteiger partial charge in [-0.3, -0.25) is 4.79 Å². The fourth-order valence-corrected chi connectivity index (χ4v) is 2.25. The van der Waals surface area contributed by atoms with E-state index in [0.717, 1.165) is 0 Å². The van der Waals surface area contributed by atoms with E-state index < -0.39 is 5.97 Å². The lowest BCUT2D eigenvalue weighted by atomic mass is 10.4. The minimum atomic E-state index is -0.472. The van der Waals surface area contributed by atoms with Crippen LogP contribution in [-0.4, -0.2) is 30.5 Å². The first-order valence-corrected chi connectivity index (χ1v) is 6.62. The van der Waals surface area contributed by atoms with Gasteiger partial charge in [0.15, 0.2) is 0 Å². The molecule has 0 aromatic carbocycles. The normalized spacial score (nSPS) is 9.41. The third-order valence-corrected chi connectivity index (χ3v) is 3.40.